The molecule has 35 heavy (non-hydrogen) atoms. The van der Waals surface area contributed by atoms with Gasteiger partial charge in [-0.1, -0.05) is 32.0 Å². The van der Waals surface area contributed by atoms with Crippen LogP contribution in [0.5, 0.6) is 5.75 Å². The summed E-state index contributed by atoms with van der Waals surface area (Å²) in [4.78, 5) is 38.2. The number of esters is 1. The monoisotopic (exact) mass is 511 g/mol. The highest BCUT2D eigenvalue weighted by molar-refractivity contribution is 7.52. The Morgan fingerprint density at radius 3 is 2.66 bits per heavy atom. The first-order valence-corrected chi connectivity index (χ1v) is 12.6. The molecule has 0 radical (unpaired) electrons. The number of para-hydroxylation sites is 1. The number of hydrogen-bond acceptors (Lipinski definition) is 9. The Labute approximate surface area is 202 Å². The number of carbonyl (C=O) groups excluding carboxylic acids is 1. The molecular weight excluding hydrogens is 481 g/mol. The number of ether oxygens (including phenoxy) is 3. The lowest BCUT2D eigenvalue weighted by Gasteiger charge is -2.25. The third kappa shape index (κ3) is 7.36. The molecule has 3 rings (SSSR count). The molecule has 1 aromatic heterocycles. The third-order valence-corrected chi connectivity index (χ3v) is 6.61. The molecule has 1 saturated heterocycles. The van der Waals surface area contributed by atoms with Gasteiger partial charge in [0.2, 0.25) is 0 Å². The van der Waals surface area contributed by atoms with Crippen LogP contribution in [0.3, 0.4) is 0 Å². The van der Waals surface area contributed by atoms with E-state index < -0.39 is 43.5 Å². The minimum atomic E-state index is -4.12. The lowest BCUT2D eigenvalue weighted by atomic mass is 10.1. The highest BCUT2D eigenvalue weighted by Gasteiger charge is 2.37. The van der Waals surface area contributed by atoms with Crippen LogP contribution in [0.4, 0.5) is 0 Å². The van der Waals surface area contributed by atoms with Gasteiger partial charge in [-0.3, -0.25) is 23.7 Å². The molecule has 0 bridgehead atoms. The van der Waals surface area contributed by atoms with Gasteiger partial charge in [0, 0.05) is 11.8 Å². The maximum absolute atomic E-state index is 13.7. The van der Waals surface area contributed by atoms with Crippen molar-refractivity contribution in [1.82, 2.24) is 14.6 Å². The van der Waals surface area contributed by atoms with E-state index in [4.69, 9.17) is 23.3 Å². The van der Waals surface area contributed by atoms with Crippen molar-refractivity contribution in [3.05, 3.63) is 62.9 Å². The predicted octanol–water partition coefficient (Wildman–Crippen LogP) is 2.10. The summed E-state index contributed by atoms with van der Waals surface area (Å²) in [5.74, 6) is -0.267. The van der Waals surface area contributed by atoms with E-state index in [1.54, 1.807) is 37.3 Å². The van der Waals surface area contributed by atoms with Gasteiger partial charge in [0.1, 0.15) is 18.4 Å². The molecule has 192 valence electrons. The summed E-state index contributed by atoms with van der Waals surface area (Å²) in [7, 11) is -2.88. The summed E-state index contributed by atoms with van der Waals surface area (Å²) < 4.78 is 42.2. The first-order chi connectivity index (χ1) is 16.6. The summed E-state index contributed by atoms with van der Waals surface area (Å²) in [6.45, 7) is 5.03. The van der Waals surface area contributed by atoms with Gasteiger partial charge in [0.25, 0.3) is 5.56 Å². The Hall–Kier alpha value is -2.76. The number of nitrogens with zero attached hydrogens (tertiary/aromatic N) is 1. The number of methoxy groups -OCH3 is 1. The van der Waals surface area contributed by atoms with Crippen molar-refractivity contribution in [2.45, 2.75) is 45.8 Å². The van der Waals surface area contributed by atoms with Crippen LogP contribution in [0.2, 0.25) is 0 Å². The van der Waals surface area contributed by atoms with Crippen LogP contribution < -0.4 is 20.9 Å². The van der Waals surface area contributed by atoms with Crippen LogP contribution in [-0.2, 0) is 28.1 Å². The van der Waals surface area contributed by atoms with Gasteiger partial charge >= 0.3 is 19.4 Å². The van der Waals surface area contributed by atoms with E-state index in [-0.39, 0.29) is 24.9 Å². The SMILES string of the molecule is COC(=O)[C@H](CC(C)C)NP(=O)(OC[C@@H]1OC[C@H](n2cc(C)c(=O)[nH]c2=O)O1)Oc1ccccc1. The molecule has 1 aromatic carbocycles. The zero-order valence-corrected chi connectivity index (χ0v) is 20.9. The molecular formula is C22H30N3O9P. The molecule has 0 amide bonds. The van der Waals surface area contributed by atoms with Gasteiger partial charge < -0.3 is 18.7 Å². The number of aromatic amines is 1. The predicted molar refractivity (Wildman–Crippen MR) is 125 cm³/mol. The van der Waals surface area contributed by atoms with Crippen LogP contribution in [0.15, 0.2) is 46.1 Å². The Balaban J connectivity index is 1.73. The van der Waals surface area contributed by atoms with Crippen LogP contribution in [-0.4, -0.2) is 48.2 Å². The number of benzene rings is 1. The topological polar surface area (TPSA) is 147 Å². The zero-order valence-electron chi connectivity index (χ0n) is 20.0. The largest absolute Gasteiger partial charge is 0.468 e. The summed E-state index contributed by atoms with van der Waals surface area (Å²) in [5.41, 5.74) is -0.807. The van der Waals surface area contributed by atoms with Gasteiger partial charge in [-0.15, -0.1) is 0 Å². The van der Waals surface area contributed by atoms with E-state index in [2.05, 4.69) is 10.1 Å². The van der Waals surface area contributed by atoms with Gasteiger partial charge in [-0.05, 0) is 31.4 Å². The molecule has 13 heteroatoms. The highest BCUT2D eigenvalue weighted by atomic mass is 31.2. The van der Waals surface area contributed by atoms with E-state index in [1.807, 2.05) is 13.8 Å². The first-order valence-electron chi connectivity index (χ1n) is 11.0. The summed E-state index contributed by atoms with van der Waals surface area (Å²) in [5, 5.41) is 2.68. The highest BCUT2D eigenvalue weighted by Crippen LogP contribution is 2.46. The molecule has 2 heterocycles. The van der Waals surface area contributed by atoms with Crippen LogP contribution >= 0.6 is 7.75 Å². The van der Waals surface area contributed by atoms with Crippen molar-refractivity contribution < 1.29 is 32.6 Å². The Bertz CT molecular complexity index is 1160. The Morgan fingerprint density at radius 2 is 2.00 bits per heavy atom. The molecule has 1 aliphatic heterocycles. The van der Waals surface area contributed by atoms with Gasteiger partial charge in [0.15, 0.2) is 12.5 Å². The second-order valence-electron chi connectivity index (χ2n) is 8.36. The molecule has 0 aliphatic carbocycles. The van der Waals surface area contributed by atoms with Crippen LogP contribution in [0, 0.1) is 12.8 Å². The number of hydrogen-bond donors (Lipinski definition) is 2. The Morgan fingerprint density at radius 1 is 1.29 bits per heavy atom. The van der Waals surface area contributed by atoms with E-state index in [0.717, 1.165) is 0 Å². The van der Waals surface area contributed by atoms with E-state index in [1.165, 1.54) is 17.9 Å². The average Bonchev–Trinajstić information content (AvgIpc) is 3.28. The fourth-order valence-corrected chi connectivity index (χ4v) is 4.84. The zero-order chi connectivity index (χ0) is 25.6. The minimum Gasteiger partial charge on any atom is -0.468 e. The molecule has 1 fully saturated rings. The molecule has 2 N–H and O–H groups in total. The van der Waals surface area contributed by atoms with E-state index in [0.29, 0.717) is 12.0 Å². The van der Waals surface area contributed by atoms with Crippen molar-refractivity contribution in [3.63, 3.8) is 0 Å². The maximum Gasteiger partial charge on any atom is 0.459 e. The number of rotatable bonds is 11. The number of H-pyrrole nitrogens is 1. The second kappa shape index (κ2) is 11.8. The molecule has 4 atom stereocenters. The lowest BCUT2D eigenvalue weighted by molar-refractivity contribution is -0.143. The molecule has 12 nitrogen and oxygen atoms in total. The number of aromatic nitrogens is 2. The van der Waals surface area contributed by atoms with Crippen LogP contribution in [0.25, 0.3) is 0 Å². The first kappa shape index (κ1) is 26.8. The van der Waals surface area contributed by atoms with Crippen molar-refractivity contribution >= 4 is 13.7 Å². The van der Waals surface area contributed by atoms with Gasteiger partial charge in [0.05, 0.1) is 13.7 Å². The smallest absolute Gasteiger partial charge is 0.459 e. The summed E-state index contributed by atoms with van der Waals surface area (Å²) in [6, 6.07) is 7.40. The van der Waals surface area contributed by atoms with Crippen molar-refractivity contribution in [3.8, 4) is 5.75 Å². The number of carbonyl (C=O) groups is 1. The quantitative estimate of drug-likeness (QED) is 0.339. The van der Waals surface area contributed by atoms with Crippen molar-refractivity contribution in [2.75, 3.05) is 20.3 Å². The summed E-state index contributed by atoms with van der Waals surface area (Å²) in [6.07, 6.45) is -0.116. The summed E-state index contributed by atoms with van der Waals surface area (Å²) >= 11 is 0. The second-order valence-corrected chi connectivity index (χ2v) is 10.1. The fraction of sp³-hybridized carbons (Fsp3) is 0.500. The number of aryl methyl sites for hydroxylation is 1. The number of nitrogens with one attached hydrogen (secondary N) is 2. The minimum absolute atomic E-state index is 0.00513. The standard InChI is InChI=1S/C22H30N3O9P/c1-14(2)10-17(21(27)30-4)24-35(29,34-16-8-6-5-7-9-16)32-13-19-31-12-18(33-19)25-11-15(3)20(26)23-22(25)28/h5-9,11,14,17-19H,10,12-13H2,1-4H3,(H,24,29)(H,23,26,28)/t17-,18+,19+,35?/m0/s1. The van der Waals surface area contributed by atoms with Crippen molar-refractivity contribution in [2.24, 2.45) is 5.92 Å². The van der Waals surface area contributed by atoms with Gasteiger partial charge in [-0.2, -0.15) is 5.09 Å². The third-order valence-electron chi connectivity index (χ3n) is 5.05. The molecule has 1 unspecified atom stereocenters. The molecule has 1 aliphatic rings. The van der Waals surface area contributed by atoms with E-state index >= 15 is 0 Å². The molecule has 2 aromatic rings. The maximum atomic E-state index is 13.7. The normalized spacial score (nSPS) is 20.4. The Kier molecular flexibility index (Phi) is 9.03. The lowest BCUT2D eigenvalue weighted by Crippen LogP contribution is -2.38. The average molecular weight is 511 g/mol. The van der Waals surface area contributed by atoms with Gasteiger partial charge in [-0.25, -0.2) is 9.36 Å². The molecule has 0 saturated carbocycles. The van der Waals surface area contributed by atoms with Crippen LogP contribution in [0.1, 0.15) is 32.1 Å². The molecule has 0 spiro atoms. The van der Waals surface area contributed by atoms with Crippen molar-refractivity contribution in [1.29, 1.82) is 0 Å². The van der Waals surface area contributed by atoms with E-state index in [9.17, 15) is 18.9 Å². The fourth-order valence-electron chi connectivity index (χ4n) is 3.35.